The van der Waals surface area contributed by atoms with Crippen LogP contribution in [0.5, 0.6) is 0 Å². The zero-order chi connectivity index (χ0) is 21.8. The summed E-state index contributed by atoms with van der Waals surface area (Å²) in [5.74, 6) is 0. The Kier molecular flexibility index (Phi) is 7.03. The lowest BCUT2D eigenvalue weighted by Gasteiger charge is -2.32. The van der Waals surface area contributed by atoms with Crippen LogP contribution >= 0.6 is 0 Å². The lowest BCUT2D eigenvalue weighted by atomic mass is 10.1. The zero-order valence-electron chi connectivity index (χ0n) is 18.5. The molecular weight excluding hydrogens is 382 g/mol. The number of quaternary nitrogens is 1. The first-order valence-electron chi connectivity index (χ1n) is 11.0. The van der Waals surface area contributed by atoms with Crippen LogP contribution in [0.15, 0.2) is 30.3 Å². The van der Waals surface area contributed by atoms with Gasteiger partial charge in [0, 0.05) is 37.2 Å². The van der Waals surface area contributed by atoms with Gasteiger partial charge >= 0.3 is 12.2 Å². The lowest BCUT2D eigenvalue weighted by Crippen LogP contribution is -2.52. The summed E-state index contributed by atoms with van der Waals surface area (Å²) in [4.78, 5) is 26.7. The highest BCUT2D eigenvalue weighted by Gasteiger charge is 2.41. The fraction of sp³-hybridized carbons (Fsp3) is 0.652. The molecule has 2 aliphatic rings. The maximum absolute atomic E-state index is 12.2. The van der Waals surface area contributed by atoms with Crippen LogP contribution in [-0.4, -0.2) is 70.5 Å². The van der Waals surface area contributed by atoms with E-state index in [9.17, 15) is 14.7 Å². The standard InChI is InChI=1S/C23H35N3O4/c1-23(2,3)30-21(27)24-19-11-13-25(16-19)20-10-7-14-26(15-12-20,22(28)29)17-18-8-5-4-6-9-18/h4-6,8-9,19-20H,7,10-17H2,1-3H3,(H-,24,27,28,29)/p+1/t19-,20-,26?/m1/s1. The van der Waals surface area contributed by atoms with E-state index in [1.165, 1.54) is 0 Å². The molecule has 1 aromatic rings. The van der Waals surface area contributed by atoms with E-state index >= 15 is 0 Å². The van der Waals surface area contributed by atoms with Gasteiger partial charge in [0.2, 0.25) is 0 Å². The van der Waals surface area contributed by atoms with Crippen molar-refractivity contribution in [1.82, 2.24) is 10.2 Å². The number of amides is 2. The fourth-order valence-electron chi connectivity index (χ4n) is 4.71. The molecule has 0 spiro atoms. The molecule has 2 amide bonds. The first kappa shape index (κ1) is 22.6. The van der Waals surface area contributed by atoms with Crippen LogP contribution in [0.1, 0.15) is 52.0 Å². The van der Waals surface area contributed by atoms with Crippen LogP contribution in [-0.2, 0) is 11.3 Å². The average Bonchev–Trinajstić information content (AvgIpc) is 3.00. The molecule has 2 aliphatic heterocycles. The number of rotatable bonds is 4. The number of carbonyl (C=O) groups excluding carboxylic acids is 1. The number of benzene rings is 1. The highest BCUT2D eigenvalue weighted by Crippen LogP contribution is 2.27. The second-order valence-electron chi connectivity index (χ2n) is 9.73. The summed E-state index contributed by atoms with van der Waals surface area (Å²) in [6.45, 7) is 9.15. The second kappa shape index (κ2) is 9.35. The van der Waals surface area contributed by atoms with Crippen molar-refractivity contribution in [3.05, 3.63) is 35.9 Å². The minimum absolute atomic E-state index is 0.0890. The Morgan fingerprint density at radius 3 is 2.57 bits per heavy atom. The number of ether oxygens (including phenoxy) is 1. The average molecular weight is 419 g/mol. The highest BCUT2D eigenvalue weighted by atomic mass is 16.6. The maximum Gasteiger partial charge on any atom is 0.513 e. The molecule has 0 aliphatic carbocycles. The van der Waals surface area contributed by atoms with Crippen LogP contribution in [0.25, 0.3) is 0 Å². The van der Waals surface area contributed by atoms with Gasteiger partial charge in [-0.1, -0.05) is 30.3 Å². The molecule has 2 heterocycles. The Bertz CT molecular complexity index is 734. The van der Waals surface area contributed by atoms with E-state index in [0.29, 0.717) is 25.7 Å². The summed E-state index contributed by atoms with van der Waals surface area (Å²) in [5, 5.41) is 13.0. The molecular formula is C23H36N3O4+. The molecule has 30 heavy (non-hydrogen) atoms. The van der Waals surface area contributed by atoms with E-state index in [0.717, 1.165) is 44.3 Å². The molecule has 2 N–H and O–H groups in total. The van der Waals surface area contributed by atoms with Crippen molar-refractivity contribution in [3.63, 3.8) is 0 Å². The van der Waals surface area contributed by atoms with Crippen LogP contribution in [0, 0.1) is 0 Å². The van der Waals surface area contributed by atoms with Crippen LogP contribution < -0.4 is 5.32 Å². The van der Waals surface area contributed by atoms with Crippen molar-refractivity contribution >= 4 is 12.2 Å². The van der Waals surface area contributed by atoms with Crippen LogP contribution in [0.4, 0.5) is 9.59 Å². The Labute approximate surface area is 179 Å². The lowest BCUT2D eigenvalue weighted by molar-refractivity contribution is -0.870. The Hall–Kier alpha value is -2.12. The maximum atomic E-state index is 12.2. The van der Waals surface area contributed by atoms with Crippen LogP contribution in [0.2, 0.25) is 0 Å². The van der Waals surface area contributed by atoms with Gasteiger partial charge in [-0.25, -0.2) is 9.28 Å². The van der Waals surface area contributed by atoms with Gasteiger partial charge in [0.05, 0.1) is 13.1 Å². The molecule has 1 aromatic carbocycles. The number of likely N-dealkylation sites (tertiary alicyclic amines) is 2. The SMILES string of the molecule is CC(C)(C)OC(=O)N[C@@H]1CCN([C@@H]2CCC[N+](Cc3ccccc3)(C(=O)O)CC2)C1. The third-order valence-electron chi connectivity index (χ3n) is 6.20. The quantitative estimate of drug-likeness (QED) is 0.727. The van der Waals surface area contributed by atoms with Gasteiger partial charge < -0.3 is 15.2 Å². The fourth-order valence-corrected chi connectivity index (χ4v) is 4.71. The van der Waals surface area contributed by atoms with E-state index in [1.54, 1.807) is 0 Å². The number of hydrogen-bond acceptors (Lipinski definition) is 4. The predicted octanol–water partition coefficient (Wildman–Crippen LogP) is 3.83. The highest BCUT2D eigenvalue weighted by molar-refractivity contribution is 5.68. The van der Waals surface area contributed by atoms with Gasteiger partial charge in [0.25, 0.3) is 0 Å². The first-order valence-corrected chi connectivity index (χ1v) is 11.0. The predicted molar refractivity (Wildman–Crippen MR) is 115 cm³/mol. The molecule has 2 saturated heterocycles. The Morgan fingerprint density at radius 2 is 1.90 bits per heavy atom. The normalized spacial score (nSPS) is 28.0. The molecule has 1 unspecified atom stereocenters. The summed E-state index contributed by atoms with van der Waals surface area (Å²) in [6, 6.07) is 10.4. The summed E-state index contributed by atoms with van der Waals surface area (Å²) in [6.07, 6.45) is 2.56. The monoisotopic (exact) mass is 418 g/mol. The molecule has 0 radical (unpaired) electrons. The largest absolute Gasteiger partial charge is 0.513 e. The number of alkyl carbamates (subject to hydrolysis) is 1. The van der Waals surface area contributed by atoms with Crippen molar-refractivity contribution in [2.24, 2.45) is 0 Å². The van der Waals surface area contributed by atoms with E-state index in [2.05, 4.69) is 10.2 Å². The third kappa shape index (κ3) is 5.95. The van der Waals surface area contributed by atoms with Crippen molar-refractivity contribution in [2.75, 3.05) is 26.2 Å². The van der Waals surface area contributed by atoms with Crippen molar-refractivity contribution < 1.29 is 23.9 Å². The minimum Gasteiger partial charge on any atom is -0.444 e. The summed E-state index contributed by atoms with van der Waals surface area (Å²) in [7, 11) is 0. The minimum atomic E-state index is -0.731. The summed E-state index contributed by atoms with van der Waals surface area (Å²) >= 11 is 0. The Balaban J connectivity index is 1.57. The van der Waals surface area contributed by atoms with Gasteiger partial charge in [0.15, 0.2) is 0 Å². The van der Waals surface area contributed by atoms with E-state index < -0.39 is 11.7 Å². The van der Waals surface area contributed by atoms with Crippen LogP contribution in [0.3, 0.4) is 0 Å². The molecule has 7 nitrogen and oxygen atoms in total. The second-order valence-corrected chi connectivity index (χ2v) is 9.73. The molecule has 0 bridgehead atoms. The van der Waals surface area contributed by atoms with Crippen molar-refractivity contribution in [2.45, 2.75) is 70.7 Å². The molecule has 3 atom stereocenters. The molecule has 166 valence electrons. The van der Waals surface area contributed by atoms with Gasteiger partial charge in [-0.3, -0.25) is 4.90 Å². The number of carbonyl (C=O) groups is 2. The summed E-state index contributed by atoms with van der Waals surface area (Å²) < 4.78 is 5.48. The number of hydrogen-bond donors (Lipinski definition) is 2. The van der Waals surface area contributed by atoms with E-state index in [1.807, 2.05) is 51.1 Å². The Morgan fingerprint density at radius 1 is 1.17 bits per heavy atom. The van der Waals surface area contributed by atoms with Gasteiger partial charge in [-0.05, 0) is 40.0 Å². The molecule has 3 rings (SSSR count). The van der Waals surface area contributed by atoms with Gasteiger partial charge in [-0.2, -0.15) is 4.79 Å². The molecule has 2 fully saturated rings. The number of nitrogens with zero attached hydrogens (tertiary/aromatic N) is 2. The molecule has 0 aromatic heterocycles. The van der Waals surface area contributed by atoms with Gasteiger partial charge in [-0.15, -0.1) is 0 Å². The zero-order valence-corrected chi connectivity index (χ0v) is 18.5. The number of carboxylic acid groups (broad SMARTS) is 1. The van der Waals surface area contributed by atoms with Gasteiger partial charge in [0.1, 0.15) is 12.1 Å². The van der Waals surface area contributed by atoms with E-state index in [4.69, 9.17) is 4.74 Å². The summed E-state index contributed by atoms with van der Waals surface area (Å²) in [5.41, 5.74) is 0.571. The topological polar surface area (TPSA) is 78.9 Å². The first-order chi connectivity index (χ1) is 14.2. The van der Waals surface area contributed by atoms with Crippen molar-refractivity contribution in [1.29, 1.82) is 0 Å². The molecule has 0 saturated carbocycles. The van der Waals surface area contributed by atoms with E-state index in [-0.39, 0.29) is 16.6 Å². The number of nitrogens with one attached hydrogen (secondary N) is 1. The van der Waals surface area contributed by atoms with Crippen molar-refractivity contribution in [3.8, 4) is 0 Å². The third-order valence-corrected chi connectivity index (χ3v) is 6.20. The molecule has 7 heteroatoms. The smallest absolute Gasteiger partial charge is 0.444 e.